The largest absolute Gasteiger partial charge is 0.497 e. The topological polar surface area (TPSA) is 68.8 Å². The second-order valence-electron chi connectivity index (χ2n) is 8.71. The second-order valence-corrected chi connectivity index (χ2v) is 8.71. The fourth-order valence-corrected chi connectivity index (χ4v) is 5.27. The van der Waals surface area contributed by atoms with Gasteiger partial charge < -0.3 is 19.7 Å². The lowest BCUT2D eigenvalue weighted by Gasteiger charge is -2.56. The van der Waals surface area contributed by atoms with Crippen LogP contribution in [0.1, 0.15) is 29.8 Å². The standard InChI is InChI=1S/C24H26FN3O3/c1-15(30)28-13-24(14-28)12-27(10-16-3-5-17(25)6-4-16)21(11-29)23-22(24)19-8-7-18(31-2)9-20(19)26-23/h3-9,21,26,29H,10-14H2,1-2H3/t21-/m0/s1. The summed E-state index contributed by atoms with van der Waals surface area (Å²) in [5.74, 6) is 0.575. The molecule has 6 nitrogen and oxygen atoms in total. The third kappa shape index (κ3) is 3.20. The number of carbonyl (C=O) groups is 1. The number of hydrogen-bond acceptors (Lipinski definition) is 4. The van der Waals surface area contributed by atoms with Crippen molar-refractivity contribution in [2.45, 2.75) is 24.9 Å². The molecule has 1 spiro atoms. The molecule has 1 amide bonds. The number of hydrogen-bond donors (Lipinski definition) is 2. The SMILES string of the molecule is COc1ccc2c3c([nH]c2c1)[C@H](CO)N(Cc1ccc(F)cc1)CC31CN(C(C)=O)C1. The van der Waals surface area contributed by atoms with E-state index in [1.165, 1.54) is 17.7 Å². The van der Waals surface area contributed by atoms with Gasteiger partial charge in [0.1, 0.15) is 11.6 Å². The van der Waals surface area contributed by atoms with Gasteiger partial charge in [-0.1, -0.05) is 12.1 Å². The molecule has 5 rings (SSSR count). The number of fused-ring (bicyclic) bond motifs is 4. The molecule has 2 N–H and O–H groups in total. The number of nitrogens with one attached hydrogen (secondary N) is 1. The number of aliphatic hydroxyl groups is 1. The molecule has 0 bridgehead atoms. The number of benzene rings is 2. The van der Waals surface area contributed by atoms with Gasteiger partial charge in [0.05, 0.1) is 19.8 Å². The maximum atomic E-state index is 13.4. The number of H-pyrrole nitrogens is 1. The quantitative estimate of drug-likeness (QED) is 0.677. The van der Waals surface area contributed by atoms with E-state index in [0.29, 0.717) is 26.2 Å². The van der Waals surface area contributed by atoms with Crippen molar-refractivity contribution in [3.8, 4) is 5.75 Å². The van der Waals surface area contributed by atoms with Crippen molar-refractivity contribution in [2.24, 2.45) is 0 Å². The third-order valence-corrected chi connectivity index (χ3v) is 6.75. The molecular weight excluding hydrogens is 397 g/mol. The Kier molecular flexibility index (Phi) is 4.75. The fraction of sp³-hybridized carbons (Fsp3) is 0.375. The molecule has 1 saturated heterocycles. The Morgan fingerprint density at radius 2 is 1.97 bits per heavy atom. The Bertz CT molecular complexity index is 1130. The molecule has 162 valence electrons. The van der Waals surface area contributed by atoms with Gasteiger partial charge in [0.25, 0.3) is 0 Å². The minimum atomic E-state index is -0.263. The molecule has 7 heteroatoms. The molecule has 0 aliphatic carbocycles. The molecule has 3 aromatic rings. The van der Waals surface area contributed by atoms with Gasteiger partial charge in [-0.25, -0.2) is 4.39 Å². The number of amides is 1. The van der Waals surface area contributed by atoms with Gasteiger partial charge in [-0.2, -0.15) is 0 Å². The van der Waals surface area contributed by atoms with Gasteiger partial charge in [0.15, 0.2) is 0 Å². The third-order valence-electron chi connectivity index (χ3n) is 6.75. The number of ether oxygens (including phenoxy) is 1. The van der Waals surface area contributed by atoms with Gasteiger partial charge >= 0.3 is 0 Å². The van der Waals surface area contributed by atoms with Gasteiger partial charge in [-0.15, -0.1) is 0 Å². The summed E-state index contributed by atoms with van der Waals surface area (Å²) in [4.78, 5) is 19.6. The average Bonchev–Trinajstić information content (AvgIpc) is 3.11. The number of methoxy groups -OCH3 is 1. The van der Waals surface area contributed by atoms with Gasteiger partial charge in [0, 0.05) is 61.2 Å². The zero-order chi connectivity index (χ0) is 21.8. The molecule has 0 unspecified atom stereocenters. The van der Waals surface area contributed by atoms with E-state index in [-0.39, 0.29) is 29.8 Å². The smallest absolute Gasteiger partial charge is 0.219 e. The van der Waals surface area contributed by atoms with Crippen LogP contribution in [-0.4, -0.2) is 59.1 Å². The van der Waals surface area contributed by atoms with Crippen LogP contribution < -0.4 is 4.74 Å². The van der Waals surface area contributed by atoms with Crippen molar-refractivity contribution < 1.29 is 19.0 Å². The van der Waals surface area contributed by atoms with Crippen molar-refractivity contribution in [1.82, 2.24) is 14.8 Å². The highest BCUT2D eigenvalue weighted by atomic mass is 19.1. The molecule has 2 aromatic carbocycles. The van der Waals surface area contributed by atoms with E-state index in [1.54, 1.807) is 26.2 Å². The Morgan fingerprint density at radius 1 is 1.23 bits per heavy atom. The maximum Gasteiger partial charge on any atom is 0.219 e. The van der Waals surface area contributed by atoms with E-state index in [2.05, 4.69) is 16.0 Å². The molecule has 1 aromatic heterocycles. The molecule has 1 atom stereocenters. The number of carbonyl (C=O) groups excluding carboxylic acids is 1. The van der Waals surface area contributed by atoms with Crippen LogP contribution in [0, 0.1) is 5.82 Å². The summed E-state index contributed by atoms with van der Waals surface area (Å²) in [6.45, 7) is 4.16. The van der Waals surface area contributed by atoms with E-state index in [1.807, 2.05) is 17.0 Å². The van der Waals surface area contributed by atoms with Crippen LogP contribution in [0.15, 0.2) is 42.5 Å². The lowest BCUT2D eigenvalue weighted by Crippen LogP contribution is -2.67. The fourth-order valence-electron chi connectivity index (χ4n) is 5.27. The predicted molar refractivity (Wildman–Crippen MR) is 115 cm³/mol. The molecule has 1 fully saturated rings. The summed E-state index contributed by atoms with van der Waals surface area (Å²) >= 11 is 0. The van der Waals surface area contributed by atoms with E-state index in [0.717, 1.165) is 27.9 Å². The van der Waals surface area contributed by atoms with Gasteiger partial charge in [-0.05, 0) is 35.4 Å². The zero-order valence-corrected chi connectivity index (χ0v) is 17.7. The number of aromatic nitrogens is 1. The van der Waals surface area contributed by atoms with Crippen LogP contribution in [0.4, 0.5) is 4.39 Å². The zero-order valence-electron chi connectivity index (χ0n) is 17.7. The van der Waals surface area contributed by atoms with Crippen molar-refractivity contribution in [3.05, 3.63) is 65.1 Å². The summed E-state index contributed by atoms with van der Waals surface area (Å²) in [6, 6.07) is 12.3. The Hall–Kier alpha value is -2.90. The second kappa shape index (κ2) is 7.35. The first-order valence-corrected chi connectivity index (χ1v) is 10.5. The molecular formula is C24H26FN3O3. The Balaban J connectivity index is 1.60. The monoisotopic (exact) mass is 423 g/mol. The first kappa shape index (κ1) is 20.0. The van der Waals surface area contributed by atoms with Gasteiger partial charge in [-0.3, -0.25) is 9.69 Å². The summed E-state index contributed by atoms with van der Waals surface area (Å²) < 4.78 is 18.8. The van der Waals surface area contributed by atoms with Gasteiger partial charge in [0.2, 0.25) is 5.91 Å². The molecule has 0 radical (unpaired) electrons. The summed E-state index contributed by atoms with van der Waals surface area (Å²) in [5, 5.41) is 11.5. The maximum absolute atomic E-state index is 13.4. The van der Waals surface area contributed by atoms with Crippen molar-refractivity contribution in [2.75, 3.05) is 33.4 Å². The highest BCUT2D eigenvalue weighted by Crippen LogP contribution is 2.48. The van der Waals surface area contributed by atoms with Crippen LogP contribution in [-0.2, 0) is 16.8 Å². The molecule has 0 saturated carbocycles. The van der Waals surface area contributed by atoms with Crippen LogP contribution in [0.5, 0.6) is 5.75 Å². The molecule has 2 aliphatic rings. The van der Waals surface area contributed by atoms with Crippen molar-refractivity contribution in [3.63, 3.8) is 0 Å². The predicted octanol–water partition coefficient (Wildman–Crippen LogP) is 2.96. The number of aliphatic hydroxyl groups excluding tert-OH is 1. The van der Waals surface area contributed by atoms with E-state index >= 15 is 0 Å². The number of nitrogens with zero attached hydrogens (tertiary/aromatic N) is 2. The van der Waals surface area contributed by atoms with Crippen LogP contribution in [0.25, 0.3) is 10.9 Å². The van der Waals surface area contributed by atoms with Crippen molar-refractivity contribution >= 4 is 16.8 Å². The molecule has 31 heavy (non-hydrogen) atoms. The highest BCUT2D eigenvalue weighted by molar-refractivity contribution is 5.88. The summed E-state index contributed by atoms with van der Waals surface area (Å²) in [6.07, 6.45) is 0. The number of rotatable bonds is 4. The lowest BCUT2D eigenvalue weighted by molar-refractivity contribution is -0.138. The Morgan fingerprint density at radius 3 is 2.61 bits per heavy atom. The summed E-state index contributed by atoms with van der Waals surface area (Å²) in [5.41, 5.74) is 3.92. The number of likely N-dealkylation sites (tertiary alicyclic amines) is 1. The molecule has 3 heterocycles. The van der Waals surface area contributed by atoms with E-state index < -0.39 is 0 Å². The number of halogens is 1. The Labute approximate surface area is 180 Å². The van der Waals surface area contributed by atoms with Crippen LogP contribution in [0.3, 0.4) is 0 Å². The average molecular weight is 423 g/mol. The number of aromatic amines is 1. The van der Waals surface area contributed by atoms with Crippen LogP contribution >= 0.6 is 0 Å². The minimum absolute atomic E-state index is 0.0370. The van der Waals surface area contributed by atoms with E-state index in [9.17, 15) is 14.3 Å². The summed E-state index contributed by atoms with van der Waals surface area (Å²) in [7, 11) is 1.64. The van der Waals surface area contributed by atoms with E-state index in [4.69, 9.17) is 4.74 Å². The first-order valence-electron chi connectivity index (χ1n) is 10.5. The molecule has 2 aliphatic heterocycles. The highest BCUT2D eigenvalue weighted by Gasteiger charge is 2.53. The van der Waals surface area contributed by atoms with Crippen LogP contribution in [0.2, 0.25) is 0 Å². The minimum Gasteiger partial charge on any atom is -0.497 e. The normalized spacial score (nSPS) is 20.0. The lowest BCUT2D eigenvalue weighted by atomic mass is 9.68. The first-order chi connectivity index (χ1) is 14.9. The van der Waals surface area contributed by atoms with Crippen molar-refractivity contribution in [1.29, 1.82) is 0 Å².